The number of hydrogen-bond donors (Lipinski definition) is 1. The maximum Gasteiger partial charge on any atom is 0.218 e. The highest BCUT2D eigenvalue weighted by Crippen LogP contribution is 2.20. The second kappa shape index (κ2) is 7.05. The van der Waals surface area contributed by atoms with Gasteiger partial charge < -0.3 is 10.1 Å². The zero-order valence-corrected chi connectivity index (χ0v) is 14.3. The van der Waals surface area contributed by atoms with Gasteiger partial charge in [-0.2, -0.15) is 0 Å². The predicted molar refractivity (Wildman–Crippen MR) is 89.3 cm³/mol. The largest absolute Gasteiger partial charge is 0.473 e. The van der Waals surface area contributed by atoms with Crippen LogP contribution in [0.25, 0.3) is 0 Å². The molecule has 4 heteroatoms. The summed E-state index contributed by atoms with van der Waals surface area (Å²) < 4.78 is 6.94. The molecular formula is C17H21BrN2O. The second-order valence-corrected chi connectivity index (χ2v) is 6.81. The Labute approximate surface area is 134 Å². The van der Waals surface area contributed by atoms with Gasteiger partial charge in [0.25, 0.3) is 0 Å². The molecule has 112 valence electrons. The van der Waals surface area contributed by atoms with E-state index in [0.29, 0.717) is 12.5 Å². The Morgan fingerprint density at radius 2 is 1.81 bits per heavy atom. The smallest absolute Gasteiger partial charge is 0.218 e. The highest BCUT2D eigenvalue weighted by atomic mass is 79.9. The first kappa shape index (κ1) is 16.0. The fourth-order valence-corrected chi connectivity index (χ4v) is 2.21. The van der Waals surface area contributed by atoms with Gasteiger partial charge in [-0.3, -0.25) is 0 Å². The molecule has 0 amide bonds. The molecule has 0 unspecified atom stereocenters. The van der Waals surface area contributed by atoms with E-state index in [1.54, 1.807) is 6.20 Å². The van der Waals surface area contributed by atoms with Gasteiger partial charge in [0, 0.05) is 33.9 Å². The van der Waals surface area contributed by atoms with Crippen LogP contribution in [0.1, 0.15) is 31.9 Å². The monoisotopic (exact) mass is 348 g/mol. The summed E-state index contributed by atoms with van der Waals surface area (Å²) in [7, 11) is 0. The van der Waals surface area contributed by atoms with Gasteiger partial charge in [0.2, 0.25) is 5.88 Å². The van der Waals surface area contributed by atoms with Gasteiger partial charge in [0.15, 0.2) is 0 Å². The Morgan fingerprint density at radius 3 is 2.52 bits per heavy atom. The lowest BCUT2D eigenvalue weighted by molar-refractivity contribution is 0.287. The number of ether oxygens (including phenoxy) is 1. The van der Waals surface area contributed by atoms with Crippen LogP contribution in [0.15, 0.2) is 47.1 Å². The summed E-state index contributed by atoms with van der Waals surface area (Å²) in [4.78, 5) is 4.35. The van der Waals surface area contributed by atoms with Crippen LogP contribution >= 0.6 is 15.9 Å². The van der Waals surface area contributed by atoms with Gasteiger partial charge in [0.1, 0.15) is 6.61 Å². The van der Waals surface area contributed by atoms with Gasteiger partial charge in [-0.05, 0) is 32.9 Å². The minimum atomic E-state index is 0.0650. The van der Waals surface area contributed by atoms with Gasteiger partial charge in [-0.1, -0.05) is 40.2 Å². The van der Waals surface area contributed by atoms with E-state index in [0.717, 1.165) is 22.1 Å². The molecule has 0 bridgehead atoms. The van der Waals surface area contributed by atoms with Crippen LogP contribution in [-0.4, -0.2) is 10.5 Å². The van der Waals surface area contributed by atoms with Crippen LogP contribution in [0.4, 0.5) is 0 Å². The lowest BCUT2D eigenvalue weighted by Crippen LogP contribution is -2.35. The minimum absolute atomic E-state index is 0.0650. The maximum absolute atomic E-state index is 5.89. The average molecular weight is 349 g/mol. The third-order valence-corrected chi connectivity index (χ3v) is 3.75. The van der Waals surface area contributed by atoms with Crippen molar-refractivity contribution in [2.75, 3.05) is 0 Å². The molecule has 0 atom stereocenters. The van der Waals surface area contributed by atoms with Gasteiger partial charge in [-0.25, -0.2) is 4.98 Å². The van der Waals surface area contributed by atoms with E-state index in [1.807, 2.05) is 36.4 Å². The summed E-state index contributed by atoms with van der Waals surface area (Å²) in [5.74, 6) is 0.685. The van der Waals surface area contributed by atoms with E-state index in [2.05, 4.69) is 47.0 Å². The van der Waals surface area contributed by atoms with Crippen LogP contribution in [0.5, 0.6) is 5.88 Å². The number of pyridine rings is 1. The molecule has 3 nitrogen and oxygen atoms in total. The van der Waals surface area contributed by atoms with E-state index in [9.17, 15) is 0 Å². The molecule has 1 aromatic heterocycles. The minimum Gasteiger partial charge on any atom is -0.473 e. The van der Waals surface area contributed by atoms with Crippen molar-refractivity contribution in [3.8, 4) is 5.88 Å². The first-order valence-corrected chi connectivity index (χ1v) is 7.80. The molecule has 1 heterocycles. The summed E-state index contributed by atoms with van der Waals surface area (Å²) in [6, 6.07) is 12.0. The number of benzene rings is 1. The highest BCUT2D eigenvalue weighted by Gasteiger charge is 2.12. The standard InChI is InChI=1S/C17H21BrN2O/c1-17(2,3)20-11-13-8-6-10-19-16(13)21-12-14-7-4-5-9-15(14)18/h4-10,20H,11-12H2,1-3H3. The highest BCUT2D eigenvalue weighted by molar-refractivity contribution is 9.10. The lowest BCUT2D eigenvalue weighted by Gasteiger charge is -2.21. The van der Waals surface area contributed by atoms with E-state index in [4.69, 9.17) is 4.74 Å². The number of halogens is 1. The van der Waals surface area contributed by atoms with Crippen LogP contribution in [0.2, 0.25) is 0 Å². The van der Waals surface area contributed by atoms with E-state index >= 15 is 0 Å². The van der Waals surface area contributed by atoms with Crippen molar-refractivity contribution in [2.45, 2.75) is 39.5 Å². The Bertz CT molecular complexity index is 593. The molecule has 0 aliphatic heterocycles. The fourth-order valence-electron chi connectivity index (χ4n) is 1.81. The zero-order valence-electron chi connectivity index (χ0n) is 12.7. The van der Waals surface area contributed by atoms with Gasteiger partial charge in [0.05, 0.1) is 0 Å². The first-order chi connectivity index (χ1) is 9.96. The second-order valence-electron chi connectivity index (χ2n) is 5.95. The van der Waals surface area contributed by atoms with Crippen molar-refractivity contribution >= 4 is 15.9 Å². The Kier molecular flexibility index (Phi) is 5.37. The quantitative estimate of drug-likeness (QED) is 0.873. The normalized spacial score (nSPS) is 11.4. The van der Waals surface area contributed by atoms with Crippen LogP contribution < -0.4 is 10.1 Å². The number of nitrogens with zero attached hydrogens (tertiary/aromatic N) is 1. The first-order valence-electron chi connectivity index (χ1n) is 7.01. The number of aromatic nitrogens is 1. The maximum atomic E-state index is 5.89. The predicted octanol–water partition coefficient (Wildman–Crippen LogP) is 4.31. The fraction of sp³-hybridized carbons (Fsp3) is 0.353. The molecule has 0 fully saturated rings. The molecular weight excluding hydrogens is 328 g/mol. The third kappa shape index (κ3) is 5.14. The van der Waals surface area contributed by atoms with Crippen molar-refractivity contribution in [1.82, 2.24) is 10.3 Å². The molecule has 0 spiro atoms. The zero-order chi connectivity index (χ0) is 15.3. The van der Waals surface area contributed by atoms with Crippen molar-refractivity contribution < 1.29 is 4.74 Å². The molecule has 2 rings (SSSR count). The summed E-state index contributed by atoms with van der Waals surface area (Å²) in [6.45, 7) is 7.67. The molecule has 0 aliphatic carbocycles. The molecule has 2 aromatic rings. The van der Waals surface area contributed by atoms with Crippen LogP contribution in [0, 0.1) is 0 Å². The molecule has 1 N–H and O–H groups in total. The molecule has 0 saturated carbocycles. The molecule has 0 saturated heterocycles. The Morgan fingerprint density at radius 1 is 1.10 bits per heavy atom. The summed E-state index contributed by atoms with van der Waals surface area (Å²) in [5.41, 5.74) is 2.24. The molecule has 0 aliphatic rings. The van der Waals surface area contributed by atoms with Crippen molar-refractivity contribution in [2.24, 2.45) is 0 Å². The van der Waals surface area contributed by atoms with Gasteiger partial charge in [-0.15, -0.1) is 0 Å². The summed E-state index contributed by atoms with van der Waals surface area (Å²) in [6.07, 6.45) is 1.76. The SMILES string of the molecule is CC(C)(C)NCc1cccnc1OCc1ccccc1Br. The van der Waals surface area contributed by atoms with Gasteiger partial charge >= 0.3 is 0 Å². The van der Waals surface area contributed by atoms with E-state index < -0.39 is 0 Å². The van der Waals surface area contributed by atoms with Crippen molar-refractivity contribution in [3.63, 3.8) is 0 Å². The molecule has 21 heavy (non-hydrogen) atoms. The number of nitrogens with one attached hydrogen (secondary N) is 1. The van der Waals surface area contributed by atoms with Crippen LogP contribution in [0.3, 0.4) is 0 Å². The average Bonchev–Trinajstić information content (AvgIpc) is 2.44. The lowest BCUT2D eigenvalue weighted by atomic mass is 10.1. The third-order valence-electron chi connectivity index (χ3n) is 2.98. The summed E-state index contributed by atoms with van der Waals surface area (Å²) in [5, 5.41) is 3.46. The molecule has 1 aromatic carbocycles. The van der Waals surface area contributed by atoms with Crippen molar-refractivity contribution in [3.05, 3.63) is 58.2 Å². The van der Waals surface area contributed by atoms with E-state index in [1.165, 1.54) is 0 Å². The Balaban J connectivity index is 2.05. The topological polar surface area (TPSA) is 34.2 Å². The Hall–Kier alpha value is -1.39. The molecule has 0 radical (unpaired) electrons. The van der Waals surface area contributed by atoms with E-state index in [-0.39, 0.29) is 5.54 Å². The number of rotatable bonds is 5. The van der Waals surface area contributed by atoms with Crippen molar-refractivity contribution in [1.29, 1.82) is 0 Å². The summed E-state index contributed by atoms with van der Waals surface area (Å²) >= 11 is 3.53. The number of hydrogen-bond acceptors (Lipinski definition) is 3. The van der Waals surface area contributed by atoms with Crippen LogP contribution in [-0.2, 0) is 13.2 Å².